The van der Waals surface area contributed by atoms with Crippen molar-refractivity contribution in [2.75, 3.05) is 19.0 Å². The minimum atomic E-state index is -0.404. The minimum absolute atomic E-state index is 0.404. The Bertz CT molecular complexity index is 440. The van der Waals surface area contributed by atoms with E-state index in [9.17, 15) is 4.79 Å². The average Bonchev–Trinajstić information content (AvgIpc) is 2.70. The van der Waals surface area contributed by atoms with E-state index in [2.05, 4.69) is 15.2 Å². The first-order chi connectivity index (χ1) is 7.27. The van der Waals surface area contributed by atoms with Crippen molar-refractivity contribution >= 4 is 17.4 Å². The summed E-state index contributed by atoms with van der Waals surface area (Å²) in [5, 5.41) is 14.9. The molecule has 5 heteroatoms. The maximum Gasteiger partial charge on any atom is 0.339 e. The second-order valence-electron chi connectivity index (χ2n) is 3.12. The molecule has 0 unspecified atom stereocenters. The van der Waals surface area contributed by atoms with Gasteiger partial charge in [-0.2, -0.15) is 0 Å². The van der Waals surface area contributed by atoms with Gasteiger partial charge in [0.25, 0.3) is 0 Å². The van der Waals surface area contributed by atoms with E-state index in [1.165, 1.54) is 7.11 Å². The zero-order valence-corrected chi connectivity index (χ0v) is 8.15. The van der Waals surface area contributed by atoms with Gasteiger partial charge < -0.3 is 15.3 Å². The van der Waals surface area contributed by atoms with E-state index < -0.39 is 5.97 Å². The lowest BCUT2D eigenvalue weighted by Gasteiger charge is -2.05. The molecule has 0 saturated carbocycles. The van der Waals surface area contributed by atoms with E-state index in [1.807, 2.05) is 0 Å². The highest BCUT2D eigenvalue weighted by Gasteiger charge is 2.23. The molecule has 1 aliphatic heterocycles. The first-order valence-electron chi connectivity index (χ1n) is 4.44. The Kier molecular flexibility index (Phi) is 2.29. The summed E-state index contributed by atoms with van der Waals surface area (Å²) in [4.78, 5) is 11.4. The third-order valence-electron chi connectivity index (χ3n) is 2.33. The Morgan fingerprint density at radius 2 is 2.40 bits per heavy atom. The number of fused-ring (bicyclic) bond motifs is 1. The van der Waals surface area contributed by atoms with E-state index in [0.717, 1.165) is 5.56 Å². The summed E-state index contributed by atoms with van der Waals surface area (Å²) in [6, 6.07) is 5.18. The number of anilines is 1. The normalized spacial score (nSPS) is 15.9. The summed E-state index contributed by atoms with van der Waals surface area (Å²) in [5.41, 5.74) is 2.38. The molecule has 0 spiro atoms. The third kappa shape index (κ3) is 1.41. The van der Waals surface area contributed by atoms with Crippen LogP contribution in [0.4, 0.5) is 5.69 Å². The Labute approximate surface area is 86.4 Å². The lowest BCUT2D eigenvalue weighted by atomic mass is 10.1. The molecule has 5 nitrogen and oxygen atoms in total. The summed E-state index contributed by atoms with van der Waals surface area (Å²) >= 11 is 0. The average molecular weight is 206 g/mol. The van der Waals surface area contributed by atoms with Crippen LogP contribution < -0.4 is 5.32 Å². The second kappa shape index (κ2) is 3.61. The molecule has 2 rings (SSSR count). The van der Waals surface area contributed by atoms with Gasteiger partial charge >= 0.3 is 5.97 Å². The van der Waals surface area contributed by atoms with E-state index in [4.69, 9.17) is 5.21 Å². The predicted octanol–water partition coefficient (Wildman–Crippen LogP) is 1.08. The largest absolute Gasteiger partial charge is 0.465 e. The highest BCUT2D eigenvalue weighted by Crippen LogP contribution is 2.27. The highest BCUT2D eigenvalue weighted by atomic mass is 16.5. The predicted molar refractivity (Wildman–Crippen MR) is 54.6 cm³/mol. The molecular formula is C10H10N2O3. The summed E-state index contributed by atoms with van der Waals surface area (Å²) in [7, 11) is 1.33. The Hall–Kier alpha value is -2.04. The van der Waals surface area contributed by atoms with Crippen molar-refractivity contribution in [3.63, 3.8) is 0 Å². The van der Waals surface area contributed by atoms with Crippen molar-refractivity contribution in [3.05, 3.63) is 29.3 Å². The van der Waals surface area contributed by atoms with E-state index >= 15 is 0 Å². The van der Waals surface area contributed by atoms with Crippen LogP contribution >= 0.6 is 0 Å². The minimum Gasteiger partial charge on any atom is -0.465 e. The number of rotatable bonds is 1. The van der Waals surface area contributed by atoms with Gasteiger partial charge in [0.05, 0.1) is 24.9 Å². The smallest absolute Gasteiger partial charge is 0.339 e. The molecule has 1 aromatic carbocycles. The first-order valence-corrected chi connectivity index (χ1v) is 4.44. The van der Waals surface area contributed by atoms with Crippen molar-refractivity contribution in [2.24, 2.45) is 5.16 Å². The van der Waals surface area contributed by atoms with Crippen molar-refractivity contribution in [1.82, 2.24) is 0 Å². The van der Waals surface area contributed by atoms with Crippen LogP contribution in [0.1, 0.15) is 15.9 Å². The summed E-state index contributed by atoms with van der Waals surface area (Å²) < 4.78 is 4.65. The number of para-hydroxylation sites is 1. The van der Waals surface area contributed by atoms with Crippen molar-refractivity contribution < 1.29 is 14.7 Å². The lowest BCUT2D eigenvalue weighted by molar-refractivity contribution is 0.0602. The zero-order chi connectivity index (χ0) is 10.8. The molecule has 0 atom stereocenters. The van der Waals surface area contributed by atoms with Gasteiger partial charge in [-0.25, -0.2) is 4.79 Å². The lowest BCUT2D eigenvalue weighted by Crippen LogP contribution is -2.05. The molecule has 1 aliphatic rings. The maximum atomic E-state index is 11.4. The fourth-order valence-corrected chi connectivity index (χ4v) is 1.62. The van der Waals surface area contributed by atoms with E-state index in [0.29, 0.717) is 23.5 Å². The van der Waals surface area contributed by atoms with Crippen LogP contribution in [0.3, 0.4) is 0 Å². The van der Waals surface area contributed by atoms with Gasteiger partial charge in [-0.05, 0) is 6.07 Å². The van der Waals surface area contributed by atoms with Gasteiger partial charge in [0.1, 0.15) is 5.71 Å². The number of oxime groups is 1. The molecule has 0 bridgehead atoms. The summed E-state index contributed by atoms with van der Waals surface area (Å²) in [6.45, 7) is 0.417. The number of methoxy groups -OCH3 is 1. The van der Waals surface area contributed by atoms with Crippen LogP contribution in [0.5, 0.6) is 0 Å². The van der Waals surface area contributed by atoms with Gasteiger partial charge in [0, 0.05) is 5.56 Å². The number of nitrogens with zero attached hydrogens (tertiary/aromatic N) is 1. The number of ether oxygens (including phenoxy) is 1. The Morgan fingerprint density at radius 3 is 3.07 bits per heavy atom. The van der Waals surface area contributed by atoms with Gasteiger partial charge in [0.2, 0.25) is 0 Å². The standard InChI is InChI=1S/C10H10N2O3/c1-15-10(13)7-4-2-3-6-8(12-14)5-11-9(6)7/h2-4,11,14H,5H2,1H3. The van der Waals surface area contributed by atoms with Gasteiger partial charge in [-0.3, -0.25) is 0 Å². The first kappa shape index (κ1) is 9.51. The Morgan fingerprint density at radius 1 is 1.60 bits per heavy atom. The zero-order valence-electron chi connectivity index (χ0n) is 8.15. The number of benzene rings is 1. The molecule has 1 aromatic rings. The fraction of sp³-hybridized carbons (Fsp3) is 0.200. The molecule has 0 saturated heterocycles. The Balaban J connectivity index is 2.54. The van der Waals surface area contributed by atoms with E-state index in [1.54, 1.807) is 18.2 Å². The van der Waals surface area contributed by atoms with Gasteiger partial charge in [-0.1, -0.05) is 17.3 Å². The fourth-order valence-electron chi connectivity index (χ4n) is 1.62. The molecule has 0 aliphatic carbocycles. The van der Waals surface area contributed by atoms with Crippen molar-refractivity contribution in [1.29, 1.82) is 0 Å². The molecule has 0 fully saturated rings. The number of carbonyl (C=O) groups excluding carboxylic acids is 1. The topological polar surface area (TPSA) is 70.9 Å². The van der Waals surface area contributed by atoms with Crippen LogP contribution in [0.25, 0.3) is 0 Å². The maximum absolute atomic E-state index is 11.4. The molecular weight excluding hydrogens is 196 g/mol. The van der Waals surface area contributed by atoms with Gasteiger partial charge in [-0.15, -0.1) is 0 Å². The molecule has 0 radical (unpaired) electrons. The van der Waals surface area contributed by atoms with Crippen LogP contribution in [-0.4, -0.2) is 30.5 Å². The number of carbonyl (C=O) groups is 1. The number of hydrogen-bond acceptors (Lipinski definition) is 5. The third-order valence-corrected chi connectivity index (χ3v) is 2.33. The van der Waals surface area contributed by atoms with E-state index in [-0.39, 0.29) is 0 Å². The van der Waals surface area contributed by atoms with Crippen LogP contribution in [0.2, 0.25) is 0 Å². The van der Waals surface area contributed by atoms with Crippen molar-refractivity contribution in [3.8, 4) is 0 Å². The van der Waals surface area contributed by atoms with Crippen molar-refractivity contribution in [2.45, 2.75) is 0 Å². The summed E-state index contributed by atoms with van der Waals surface area (Å²) in [6.07, 6.45) is 0. The monoisotopic (exact) mass is 206 g/mol. The molecule has 78 valence electrons. The molecule has 0 aromatic heterocycles. The SMILES string of the molecule is COC(=O)c1cccc2c1NCC2=NO. The molecule has 1 heterocycles. The summed E-state index contributed by atoms with van der Waals surface area (Å²) in [5.74, 6) is -0.404. The van der Waals surface area contributed by atoms with Gasteiger partial charge in [0.15, 0.2) is 0 Å². The second-order valence-corrected chi connectivity index (χ2v) is 3.12. The molecule has 2 N–H and O–H groups in total. The van der Waals surface area contributed by atoms with Crippen LogP contribution in [0.15, 0.2) is 23.4 Å². The quantitative estimate of drug-likeness (QED) is 0.409. The number of hydrogen-bond donors (Lipinski definition) is 2. The number of nitrogens with one attached hydrogen (secondary N) is 1. The van der Waals surface area contributed by atoms with Crippen LogP contribution in [0, 0.1) is 0 Å². The molecule has 0 amide bonds. The number of esters is 1. The highest BCUT2D eigenvalue weighted by molar-refractivity contribution is 6.15. The van der Waals surface area contributed by atoms with Crippen LogP contribution in [-0.2, 0) is 4.74 Å². The molecule has 15 heavy (non-hydrogen) atoms.